The Hall–Kier alpha value is -2.47. The molecule has 0 amide bonds. The van der Waals surface area contributed by atoms with E-state index in [1.807, 2.05) is 25.8 Å². The molecular formula is C18H18ClF6NO5. The number of nitrogens with zero attached hydrogens (tertiary/aromatic N) is 1. The highest BCUT2D eigenvalue weighted by Gasteiger charge is 2.48. The van der Waals surface area contributed by atoms with Crippen molar-refractivity contribution in [1.82, 2.24) is 4.90 Å². The summed E-state index contributed by atoms with van der Waals surface area (Å²) in [7, 11) is 1.86. The minimum absolute atomic E-state index is 0.0288. The molecule has 0 radical (unpaired) electrons. The number of hydrogen-bond acceptors (Lipinski definition) is 4. The molecule has 2 rings (SSSR count). The standard InChI is InChI=1S/C16H17ClF3NO3.C2HF3O2/c1-8(2)21(3)7-10-6-13-9(5-12(10)17)4-11(15(22)23)14(24-13)16(18,19)20;3-2(4,5)1(6)7/h4-6,8,14H,7H2,1-3H3,(H,22,23);(H,6,7). The number of halogens is 7. The molecule has 1 unspecified atom stereocenters. The van der Waals surface area contributed by atoms with Gasteiger partial charge in [0.1, 0.15) is 5.75 Å². The lowest BCUT2D eigenvalue weighted by molar-refractivity contribution is -0.192. The third-order valence-electron chi connectivity index (χ3n) is 4.11. The first-order valence-corrected chi connectivity index (χ1v) is 8.84. The van der Waals surface area contributed by atoms with Crippen LogP contribution in [0.15, 0.2) is 17.7 Å². The van der Waals surface area contributed by atoms with Crippen LogP contribution in [0.25, 0.3) is 6.08 Å². The minimum atomic E-state index is -5.08. The Balaban J connectivity index is 0.000000592. The first-order chi connectivity index (χ1) is 13.9. The van der Waals surface area contributed by atoms with Gasteiger partial charge in [-0.2, -0.15) is 26.3 Å². The summed E-state index contributed by atoms with van der Waals surface area (Å²) < 4.78 is 75.9. The Labute approximate surface area is 177 Å². The number of ether oxygens (including phenoxy) is 1. The normalized spacial score (nSPS) is 16.1. The SMILES string of the molecule is CC(C)N(C)Cc1cc2c(cc1Cl)C=C(C(=O)O)C(C(F)(F)F)O2.O=C(O)C(F)(F)F. The number of aliphatic carboxylic acids is 2. The van der Waals surface area contributed by atoms with Crippen LogP contribution in [0, 0.1) is 0 Å². The molecule has 0 aromatic heterocycles. The van der Waals surface area contributed by atoms with Gasteiger partial charge in [-0.05, 0) is 44.7 Å². The Morgan fingerprint density at radius 3 is 2.06 bits per heavy atom. The first-order valence-electron chi connectivity index (χ1n) is 8.46. The van der Waals surface area contributed by atoms with Crippen LogP contribution in [0.1, 0.15) is 25.0 Å². The predicted molar refractivity (Wildman–Crippen MR) is 97.8 cm³/mol. The van der Waals surface area contributed by atoms with Gasteiger partial charge in [0.2, 0.25) is 6.10 Å². The molecule has 31 heavy (non-hydrogen) atoms. The number of carboxylic acid groups (broad SMARTS) is 2. The number of rotatable bonds is 4. The lowest BCUT2D eigenvalue weighted by Crippen LogP contribution is -2.40. The van der Waals surface area contributed by atoms with Gasteiger partial charge >= 0.3 is 24.3 Å². The molecule has 0 saturated heterocycles. The largest absolute Gasteiger partial charge is 0.490 e. The van der Waals surface area contributed by atoms with Crippen molar-refractivity contribution < 1.29 is 50.9 Å². The molecular weight excluding hydrogens is 460 g/mol. The second-order valence-corrected chi connectivity index (χ2v) is 7.14. The zero-order valence-corrected chi connectivity index (χ0v) is 17.1. The minimum Gasteiger partial charge on any atom is -0.478 e. The summed E-state index contributed by atoms with van der Waals surface area (Å²) in [6, 6.07) is 3.08. The highest BCUT2D eigenvalue weighted by Crippen LogP contribution is 2.39. The summed E-state index contributed by atoms with van der Waals surface area (Å²) >= 11 is 6.18. The molecule has 0 bridgehead atoms. The Kier molecular flexibility index (Phi) is 8.37. The second-order valence-electron chi connectivity index (χ2n) is 6.74. The fourth-order valence-corrected chi connectivity index (χ4v) is 2.48. The van der Waals surface area contributed by atoms with Crippen molar-refractivity contribution in [2.45, 2.75) is 44.9 Å². The molecule has 0 aliphatic carbocycles. The molecule has 1 aliphatic rings. The van der Waals surface area contributed by atoms with Crippen molar-refractivity contribution in [1.29, 1.82) is 0 Å². The first kappa shape index (κ1) is 26.6. The van der Waals surface area contributed by atoms with Crippen molar-refractivity contribution in [3.05, 3.63) is 33.9 Å². The second kappa shape index (κ2) is 9.77. The average Bonchev–Trinajstić information content (AvgIpc) is 2.60. The molecule has 174 valence electrons. The summed E-state index contributed by atoms with van der Waals surface area (Å²) in [5.41, 5.74) is -0.0355. The van der Waals surface area contributed by atoms with E-state index in [0.717, 1.165) is 6.08 Å². The van der Waals surface area contributed by atoms with E-state index in [-0.39, 0.29) is 17.4 Å². The summed E-state index contributed by atoms with van der Waals surface area (Å²) in [6.45, 7) is 4.38. The van der Waals surface area contributed by atoms with Gasteiger partial charge in [-0.3, -0.25) is 4.90 Å². The van der Waals surface area contributed by atoms with Crippen LogP contribution in [-0.2, 0) is 16.1 Å². The van der Waals surface area contributed by atoms with E-state index >= 15 is 0 Å². The van der Waals surface area contributed by atoms with Crippen LogP contribution in [0.2, 0.25) is 5.02 Å². The summed E-state index contributed by atoms with van der Waals surface area (Å²) in [5, 5.41) is 16.5. The summed E-state index contributed by atoms with van der Waals surface area (Å²) in [6.07, 6.45) is -11.4. The molecule has 1 aromatic rings. The van der Waals surface area contributed by atoms with Gasteiger partial charge in [0.25, 0.3) is 0 Å². The Bertz CT molecular complexity index is 866. The molecule has 1 aliphatic heterocycles. The monoisotopic (exact) mass is 477 g/mol. The molecule has 0 spiro atoms. The van der Waals surface area contributed by atoms with Gasteiger partial charge in [0.15, 0.2) is 0 Å². The third kappa shape index (κ3) is 7.31. The van der Waals surface area contributed by atoms with E-state index in [4.69, 9.17) is 31.3 Å². The lowest BCUT2D eigenvalue weighted by atomic mass is 9.99. The van der Waals surface area contributed by atoms with E-state index in [2.05, 4.69) is 0 Å². The van der Waals surface area contributed by atoms with E-state index in [1.165, 1.54) is 12.1 Å². The van der Waals surface area contributed by atoms with Gasteiger partial charge in [-0.25, -0.2) is 9.59 Å². The van der Waals surface area contributed by atoms with Gasteiger partial charge in [-0.15, -0.1) is 0 Å². The van der Waals surface area contributed by atoms with Gasteiger partial charge in [-0.1, -0.05) is 11.6 Å². The van der Waals surface area contributed by atoms with E-state index in [0.29, 0.717) is 17.1 Å². The maximum absolute atomic E-state index is 13.1. The zero-order chi connectivity index (χ0) is 24.3. The number of carbonyl (C=O) groups is 2. The number of benzene rings is 1. The Morgan fingerprint density at radius 2 is 1.68 bits per heavy atom. The molecule has 1 aromatic carbocycles. The molecule has 2 N–H and O–H groups in total. The van der Waals surface area contributed by atoms with Crippen LogP contribution in [0.5, 0.6) is 5.75 Å². The molecule has 0 fully saturated rings. The van der Waals surface area contributed by atoms with Crippen LogP contribution >= 0.6 is 11.6 Å². The van der Waals surface area contributed by atoms with Crippen molar-refractivity contribution >= 4 is 29.6 Å². The van der Waals surface area contributed by atoms with E-state index in [1.54, 1.807) is 0 Å². The predicted octanol–water partition coefficient (Wildman–Crippen LogP) is 4.60. The highest BCUT2D eigenvalue weighted by atomic mass is 35.5. The topological polar surface area (TPSA) is 87.1 Å². The lowest BCUT2D eigenvalue weighted by Gasteiger charge is -2.28. The summed E-state index contributed by atoms with van der Waals surface area (Å²) in [4.78, 5) is 22.0. The quantitative estimate of drug-likeness (QED) is 0.616. The van der Waals surface area contributed by atoms with Gasteiger partial charge < -0.3 is 14.9 Å². The molecule has 6 nitrogen and oxygen atoms in total. The van der Waals surface area contributed by atoms with Crippen molar-refractivity contribution in [2.75, 3.05) is 7.05 Å². The molecule has 1 heterocycles. The van der Waals surface area contributed by atoms with Gasteiger partial charge in [0.05, 0.1) is 5.57 Å². The fraction of sp³-hybridized carbons (Fsp3) is 0.444. The smallest absolute Gasteiger partial charge is 0.478 e. The number of alkyl halides is 6. The summed E-state index contributed by atoms with van der Waals surface area (Å²) in [5.74, 6) is -4.46. The van der Waals surface area contributed by atoms with Crippen LogP contribution in [-0.4, -0.2) is 58.6 Å². The van der Waals surface area contributed by atoms with Crippen LogP contribution in [0.4, 0.5) is 26.3 Å². The fourth-order valence-electron chi connectivity index (χ4n) is 2.25. The van der Waals surface area contributed by atoms with E-state index in [9.17, 15) is 31.1 Å². The van der Waals surface area contributed by atoms with Crippen LogP contribution < -0.4 is 4.74 Å². The maximum atomic E-state index is 13.1. The average molecular weight is 478 g/mol. The number of carboxylic acids is 2. The third-order valence-corrected chi connectivity index (χ3v) is 4.46. The van der Waals surface area contributed by atoms with Crippen molar-refractivity contribution in [2.24, 2.45) is 0 Å². The van der Waals surface area contributed by atoms with Gasteiger partial charge in [0, 0.05) is 23.2 Å². The zero-order valence-electron chi connectivity index (χ0n) is 16.3. The number of fused-ring (bicyclic) bond motifs is 1. The van der Waals surface area contributed by atoms with Crippen LogP contribution in [0.3, 0.4) is 0 Å². The Morgan fingerprint density at radius 1 is 1.16 bits per heavy atom. The van der Waals surface area contributed by atoms with Crippen molar-refractivity contribution in [3.8, 4) is 5.75 Å². The molecule has 1 atom stereocenters. The maximum Gasteiger partial charge on any atom is 0.490 e. The molecule has 0 saturated carbocycles. The van der Waals surface area contributed by atoms with E-state index < -0.39 is 36.0 Å². The molecule has 13 heteroatoms. The number of hydrogen-bond donors (Lipinski definition) is 2. The highest BCUT2D eigenvalue weighted by molar-refractivity contribution is 6.31. The van der Waals surface area contributed by atoms with Crippen molar-refractivity contribution in [3.63, 3.8) is 0 Å².